The lowest BCUT2D eigenvalue weighted by molar-refractivity contribution is 0.0955. The van der Waals surface area contributed by atoms with E-state index < -0.39 is 0 Å². The summed E-state index contributed by atoms with van der Waals surface area (Å²) in [6.07, 6.45) is 0.879. The fraction of sp³-hybridized carbons (Fsp3) is 0.294. The third-order valence-corrected chi connectivity index (χ3v) is 3.84. The number of amides is 1. The number of thiophene rings is 1. The topological polar surface area (TPSA) is 50.7 Å². The molecule has 5 heteroatoms. The Balaban J connectivity index is 2.02. The van der Waals surface area contributed by atoms with Crippen LogP contribution >= 0.6 is 11.3 Å². The van der Waals surface area contributed by atoms with Crippen LogP contribution < -0.4 is 10.2 Å². The second-order valence-electron chi connectivity index (χ2n) is 5.02. The van der Waals surface area contributed by atoms with Crippen LogP contribution in [0.4, 0.5) is 0 Å². The van der Waals surface area contributed by atoms with Gasteiger partial charge in [-0.05, 0) is 56.0 Å². The van der Waals surface area contributed by atoms with Crippen molar-refractivity contribution in [1.29, 1.82) is 0 Å². The fourth-order valence-electron chi connectivity index (χ4n) is 1.89. The van der Waals surface area contributed by atoms with Gasteiger partial charge in [0, 0.05) is 5.56 Å². The number of nitrogens with one attached hydrogen (secondary N) is 1. The van der Waals surface area contributed by atoms with Gasteiger partial charge in [-0.15, -0.1) is 11.3 Å². The zero-order chi connectivity index (χ0) is 15.9. The van der Waals surface area contributed by atoms with Gasteiger partial charge in [-0.2, -0.15) is 5.10 Å². The molecule has 2 aromatic rings. The van der Waals surface area contributed by atoms with Gasteiger partial charge in [0.05, 0.1) is 16.7 Å². The molecule has 0 aliphatic rings. The molecule has 22 heavy (non-hydrogen) atoms. The van der Waals surface area contributed by atoms with Crippen molar-refractivity contribution in [2.75, 3.05) is 0 Å². The van der Waals surface area contributed by atoms with Crippen molar-refractivity contribution in [2.24, 2.45) is 5.10 Å². The molecule has 1 amide bonds. The van der Waals surface area contributed by atoms with E-state index in [2.05, 4.69) is 10.5 Å². The van der Waals surface area contributed by atoms with Gasteiger partial charge in [0.25, 0.3) is 5.91 Å². The Hall–Kier alpha value is -2.14. The lowest BCUT2D eigenvalue weighted by Gasteiger charge is -2.09. The first kappa shape index (κ1) is 16.2. The third-order valence-electron chi connectivity index (χ3n) is 2.92. The number of carbonyl (C=O) groups is 1. The number of nitrogens with zero attached hydrogens (tertiary/aromatic N) is 1. The number of benzene rings is 1. The Kier molecular flexibility index (Phi) is 5.72. The second-order valence-corrected chi connectivity index (χ2v) is 5.97. The monoisotopic (exact) mass is 316 g/mol. The largest absolute Gasteiger partial charge is 0.491 e. The Morgan fingerprint density at radius 3 is 2.55 bits per heavy atom. The number of rotatable bonds is 6. The zero-order valence-corrected chi connectivity index (χ0v) is 13.8. The Bertz CT molecular complexity index is 631. The Morgan fingerprint density at radius 2 is 2.00 bits per heavy atom. The summed E-state index contributed by atoms with van der Waals surface area (Å²) in [6, 6.07) is 11.0. The molecule has 0 saturated carbocycles. The van der Waals surface area contributed by atoms with Gasteiger partial charge in [0.1, 0.15) is 5.75 Å². The van der Waals surface area contributed by atoms with Crippen LogP contribution in [0.3, 0.4) is 0 Å². The highest BCUT2D eigenvalue weighted by Crippen LogP contribution is 2.14. The number of hydrazone groups is 1. The van der Waals surface area contributed by atoms with Crippen LogP contribution in [-0.4, -0.2) is 17.7 Å². The van der Waals surface area contributed by atoms with Crippen LogP contribution in [0.5, 0.6) is 5.75 Å². The summed E-state index contributed by atoms with van der Waals surface area (Å²) in [7, 11) is 0. The lowest BCUT2D eigenvalue weighted by atomic mass is 10.2. The standard InChI is InChI=1S/C17H20N2O2S/c1-4-15(16-6-5-11-22-16)18-19-17(20)13-7-9-14(10-8-13)21-12(2)3/h5-12H,4H2,1-3H3,(H,19,20)/b18-15-. The van der Waals surface area contributed by atoms with E-state index in [1.807, 2.05) is 38.3 Å². The summed E-state index contributed by atoms with van der Waals surface area (Å²) in [6.45, 7) is 5.95. The predicted molar refractivity (Wildman–Crippen MR) is 90.8 cm³/mol. The molecule has 0 spiro atoms. The molecule has 116 valence electrons. The zero-order valence-electron chi connectivity index (χ0n) is 13.0. The van der Waals surface area contributed by atoms with E-state index in [0.717, 1.165) is 22.8 Å². The molecule has 4 nitrogen and oxygen atoms in total. The van der Waals surface area contributed by atoms with Gasteiger partial charge >= 0.3 is 0 Å². The first-order valence-electron chi connectivity index (χ1n) is 7.27. The smallest absolute Gasteiger partial charge is 0.271 e. The summed E-state index contributed by atoms with van der Waals surface area (Å²) in [5.41, 5.74) is 4.05. The molecule has 1 aromatic carbocycles. The highest BCUT2D eigenvalue weighted by Gasteiger charge is 2.07. The average Bonchev–Trinajstić information content (AvgIpc) is 3.02. The normalized spacial score (nSPS) is 11.5. The van der Waals surface area contributed by atoms with Crippen LogP contribution in [0, 0.1) is 0 Å². The van der Waals surface area contributed by atoms with E-state index in [4.69, 9.17) is 4.74 Å². The highest BCUT2D eigenvalue weighted by molar-refractivity contribution is 7.12. The summed E-state index contributed by atoms with van der Waals surface area (Å²) in [5, 5.41) is 6.22. The summed E-state index contributed by atoms with van der Waals surface area (Å²) < 4.78 is 5.56. The number of hydrogen-bond donors (Lipinski definition) is 1. The van der Waals surface area contributed by atoms with Gasteiger partial charge in [-0.3, -0.25) is 4.79 Å². The van der Waals surface area contributed by atoms with E-state index >= 15 is 0 Å². The minimum atomic E-state index is -0.224. The van der Waals surface area contributed by atoms with Crippen LogP contribution in [-0.2, 0) is 0 Å². The van der Waals surface area contributed by atoms with Crippen molar-refractivity contribution >= 4 is 23.0 Å². The van der Waals surface area contributed by atoms with Gasteiger partial charge in [0.2, 0.25) is 0 Å². The van der Waals surface area contributed by atoms with Crippen molar-refractivity contribution in [1.82, 2.24) is 5.43 Å². The van der Waals surface area contributed by atoms with E-state index in [0.29, 0.717) is 5.56 Å². The van der Waals surface area contributed by atoms with Gasteiger partial charge in [-0.25, -0.2) is 5.43 Å². The molecule has 0 aliphatic carbocycles. The average molecular weight is 316 g/mol. The molecule has 1 aromatic heterocycles. The van der Waals surface area contributed by atoms with Crippen molar-refractivity contribution in [3.63, 3.8) is 0 Å². The molecule has 0 saturated heterocycles. The van der Waals surface area contributed by atoms with Crippen LogP contribution in [0.15, 0.2) is 46.9 Å². The molecular formula is C17H20N2O2S. The van der Waals surface area contributed by atoms with Crippen LogP contribution in [0.25, 0.3) is 0 Å². The number of ether oxygens (including phenoxy) is 1. The van der Waals surface area contributed by atoms with Crippen LogP contribution in [0.1, 0.15) is 42.4 Å². The fourth-order valence-corrected chi connectivity index (χ4v) is 2.68. The van der Waals surface area contributed by atoms with E-state index in [-0.39, 0.29) is 12.0 Å². The molecule has 0 unspecified atom stereocenters. The first-order chi connectivity index (χ1) is 10.6. The molecule has 0 radical (unpaired) electrons. The van der Waals surface area contributed by atoms with E-state index in [9.17, 15) is 4.79 Å². The summed E-state index contributed by atoms with van der Waals surface area (Å²) >= 11 is 1.61. The predicted octanol–water partition coefficient (Wildman–Crippen LogP) is 4.08. The van der Waals surface area contributed by atoms with Crippen molar-refractivity contribution < 1.29 is 9.53 Å². The number of hydrogen-bond acceptors (Lipinski definition) is 4. The Labute approximate surface area is 134 Å². The molecule has 2 rings (SSSR count). The maximum absolute atomic E-state index is 12.1. The minimum Gasteiger partial charge on any atom is -0.491 e. The molecule has 0 bridgehead atoms. The van der Waals surface area contributed by atoms with Crippen molar-refractivity contribution in [2.45, 2.75) is 33.3 Å². The van der Waals surface area contributed by atoms with Gasteiger partial charge in [-0.1, -0.05) is 13.0 Å². The minimum absolute atomic E-state index is 0.113. The lowest BCUT2D eigenvalue weighted by Crippen LogP contribution is -2.19. The second kappa shape index (κ2) is 7.75. The van der Waals surface area contributed by atoms with Gasteiger partial charge in [0.15, 0.2) is 0 Å². The van der Waals surface area contributed by atoms with Crippen molar-refractivity contribution in [3.05, 3.63) is 52.2 Å². The van der Waals surface area contributed by atoms with Gasteiger partial charge < -0.3 is 4.74 Å². The molecule has 0 aliphatic heterocycles. The quantitative estimate of drug-likeness (QED) is 0.645. The molecule has 0 atom stereocenters. The SMILES string of the molecule is CC/C(=N/NC(=O)c1ccc(OC(C)C)cc1)c1cccs1. The number of carbonyl (C=O) groups excluding carboxylic acids is 1. The Morgan fingerprint density at radius 1 is 1.27 bits per heavy atom. The van der Waals surface area contributed by atoms with Crippen LogP contribution in [0.2, 0.25) is 0 Å². The summed E-state index contributed by atoms with van der Waals surface area (Å²) in [5.74, 6) is 0.529. The maximum atomic E-state index is 12.1. The molecule has 1 N–H and O–H groups in total. The third kappa shape index (κ3) is 4.43. The van der Waals surface area contributed by atoms with Crippen molar-refractivity contribution in [3.8, 4) is 5.75 Å². The molecule has 1 heterocycles. The summed E-state index contributed by atoms with van der Waals surface area (Å²) in [4.78, 5) is 13.2. The maximum Gasteiger partial charge on any atom is 0.271 e. The molecular weight excluding hydrogens is 296 g/mol. The van der Waals surface area contributed by atoms with E-state index in [1.54, 1.807) is 35.6 Å². The molecule has 0 fully saturated rings. The van der Waals surface area contributed by atoms with E-state index in [1.165, 1.54) is 0 Å². The highest BCUT2D eigenvalue weighted by atomic mass is 32.1. The first-order valence-corrected chi connectivity index (χ1v) is 8.15.